The van der Waals surface area contributed by atoms with Crippen molar-refractivity contribution in [1.29, 1.82) is 0 Å². The molecule has 0 amide bonds. The van der Waals surface area contributed by atoms with E-state index < -0.39 is 26.6 Å². The van der Waals surface area contributed by atoms with Gasteiger partial charge in [-0.15, -0.1) is 0 Å². The minimum Gasteiger partial charge on any atom is -0.280 e. The Bertz CT molecular complexity index is 763. The quantitative estimate of drug-likeness (QED) is 0.902. The Morgan fingerprint density at radius 2 is 1.80 bits per heavy atom. The first kappa shape index (κ1) is 14.9. The van der Waals surface area contributed by atoms with Crippen molar-refractivity contribution in [3.05, 3.63) is 58.1 Å². The first-order chi connectivity index (χ1) is 9.29. The van der Waals surface area contributed by atoms with E-state index in [0.717, 1.165) is 22.2 Å². The van der Waals surface area contributed by atoms with Crippen molar-refractivity contribution in [2.75, 3.05) is 4.72 Å². The van der Waals surface area contributed by atoms with E-state index in [2.05, 4.69) is 20.7 Å². The predicted octanol–water partition coefficient (Wildman–Crippen LogP) is 3.84. The monoisotopic (exact) mass is 361 g/mol. The topological polar surface area (TPSA) is 46.2 Å². The van der Waals surface area contributed by atoms with E-state index in [1.807, 2.05) is 6.92 Å². The molecule has 0 radical (unpaired) electrons. The Labute approximate surface area is 123 Å². The number of rotatable bonds is 3. The molecule has 2 aromatic carbocycles. The van der Waals surface area contributed by atoms with E-state index in [1.54, 1.807) is 18.2 Å². The fraction of sp³-hybridized carbons (Fsp3) is 0.0769. The van der Waals surface area contributed by atoms with Crippen LogP contribution in [0, 0.1) is 18.6 Å². The van der Waals surface area contributed by atoms with Gasteiger partial charge in [0.05, 0.1) is 0 Å². The maximum atomic E-state index is 13.5. The lowest BCUT2D eigenvalue weighted by Gasteiger charge is -2.10. The van der Waals surface area contributed by atoms with Crippen LogP contribution in [-0.2, 0) is 10.0 Å². The van der Waals surface area contributed by atoms with Gasteiger partial charge in [-0.25, -0.2) is 17.2 Å². The number of anilines is 1. The maximum Gasteiger partial charge on any atom is 0.264 e. The second-order valence-corrected chi connectivity index (χ2v) is 6.65. The Balaban J connectivity index is 2.38. The van der Waals surface area contributed by atoms with Gasteiger partial charge in [-0.2, -0.15) is 0 Å². The van der Waals surface area contributed by atoms with Gasteiger partial charge in [-0.3, -0.25) is 4.72 Å². The second-order valence-electron chi connectivity index (χ2n) is 4.14. The fourth-order valence-electron chi connectivity index (χ4n) is 1.56. The average molecular weight is 362 g/mol. The predicted molar refractivity (Wildman–Crippen MR) is 76.0 cm³/mol. The zero-order chi connectivity index (χ0) is 14.9. The van der Waals surface area contributed by atoms with Crippen molar-refractivity contribution in [3.8, 4) is 0 Å². The normalized spacial score (nSPS) is 11.4. The molecule has 0 spiro atoms. The summed E-state index contributed by atoms with van der Waals surface area (Å²) in [5.74, 6) is -1.97. The van der Waals surface area contributed by atoms with Gasteiger partial charge in [-0.05, 0) is 36.8 Å². The van der Waals surface area contributed by atoms with Crippen LogP contribution in [-0.4, -0.2) is 8.42 Å². The average Bonchev–Trinajstić information content (AvgIpc) is 2.33. The molecule has 7 heteroatoms. The molecule has 0 saturated heterocycles. The summed E-state index contributed by atoms with van der Waals surface area (Å²) >= 11 is 3.28. The number of nitrogens with one attached hydrogen (secondary N) is 1. The number of hydrogen-bond acceptors (Lipinski definition) is 2. The van der Waals surface area contributed by atoms with E-state index in [0.29, 0.717) is 6.07 Å². The Morgan fingerprint density at radius 3 is 2.40 bits per heavy atom. The highest BCUT2D eigenvalue weighted by molar-refractivity contribution is 9.10. The molecule has 0 aromatic heterocycles. The molecule has 0 aliphatic heterocycles. The van der Waals surface area contributed by atoms with Crippen LogP contribution < -0.4 is 4.72 Å². The third-order valence-electron chi connectivity index (χ3n) is 2.61. The fourth-order valence-corrected chi connectivity index (χ4v) is 3.05. The summed E-state index contributed by atoms with van der Waals surface area (Å²) in [6.07, 6.45) is 0. The third kappa shape index (κ3) is 3.16. The third-order valence-corrected chi connectivity index (χ3v) is 4.88. The summed E-state index contributed by atoms with van der Waals surface area (Å²) in [7, 11) is -4.10. The standard InChI is InChI=1S/C13H10BrF2NO2S/c1-8-2-4-10(7-11(8)14)17-20(18,19)13-5-3-9(15)6-12(13)16/h2-7,17H,1H3. The molecule has 3 nitrogen and oxygen atoms in total. The molecule has 0 aliphatic rings. The van der Waals surface area contributed by atoms with Crippen molar-refractivity contribution in [3.63, 3.8) is 0 Å². The number of hydrogen-bond donors (Lipinski definition) is 1. The van der Waals surface area contributed by atoms with Crippen molar-refractivity contribution < 1.29 is 17.2 Å². The Hall–Kier alpha value is -1.47. The summed E-state index contributed by atoms with van der Waals surface area (Å²) in [6.45, 7) is 1.85. The smallest absolute Gasteiger partial charge is 0.264 e. The van der Waals surface area contributed by atoms with Crippen molar-refractivity contribution in [2.24, 2.45) is 0 Å². The van der Waals surface area contributed by atoms with Crippen LogP contribution in [0.2, 0.25) is 0 Å². The van der Waals surface area contributed by atoms with Crippen molar-refractivity contribution in [2.45, 2.75) is 11.8 Å². The van der Waals surface area contributed by atoms with Gasteiger partial charge in [0.15, 0.2) is 0 Å². The van der Waals surface area contributed by atoms with Crippen LogP contribution in [0.5, 0.6) is 0 Å². The van der Waals surface area contributed by atoms with E-state index in [1.165, 1.54) is 0 Å². The molecule has 20 heavy (non-hydrogen) atoms. The largest absolute Gasteiger partial charge is 0.280 e. The summed E-state index contributed by atoms with van der Waals surface area (Å²) in [6, 6.07) is 7.13. The molecular formula is C13H10BrF2NO2S. The van der Waals surface area contributed by atoms with Crippen LogP contribution in [0.3, 0.4) is 0 Å². The van der Waals surface area contributed by atoms with Crippen LogP contribution in [0.15, 0.2) is 45.8 Å². The highest BCUT2D eigenvalue weighted by atomic mass is 79.9. The minimum atomic E-state index is -4.10. The molecule has 0 saturated carbocycles. The summed E-state index contributed by atoms with van der Waals surface area (Å²) in [5, 5.41) is 0. The number of benzene rings is 2. The summed E-state index contributed by atoms with van der Waals surface area (Å²) < 4.78 is 53.4. The van der Waals surface area contributed by atoms with Gasteiger partial charge in [0.2, 0.25) is 0 Å². The molecule has 0 aliphatic carbocycles. The van der Waals surface area contributed by atoms with Gasteiger partial charge < -0.3 is 0 Å². The molecule has 0 fully saturated rings. The molecule has 0 atom stereocenters. The van der Waals surface area contributed by atoms with Crippen LogP contribution in [0.4, 0.5) is 14.5 Å². The molecule has 0 heterocycles. The molecular weight excluding hydrogens is 352 g/mol. The summed E-state index contributed by atoms with van der Waals surface area (Å²) in [5.41, 5.74) is 1.21. The SMILES string of the molecule is Cc1ccc(NS(=O)(=O)c2ccc(F)cc2F)cc1Br. The van der Waals surface area contributed by atoms with Gasteiger partial charge >= 0.3 is 0 Å². The zero-order valence-electron chi connectivity index (χ0n) is 10.3. The first-order valence-electron chi connectivity index (χ1n) is 5.53. The van der Waals surface area contributed by atoms with Crippen LogP contribution >= 0.6 is 15.9 Å². The maximum absolute atomic E-state index is 13.5. The van der Waals surface area contributed by atoms with E-state index in [-0.39, 0.29) is 5.69 Å². The van der Waals surface area contributed by atoms with Crippen LogP contribution in [0.1, 0.15) is 5.56 Å². The molecule has 0 unspecified atom stereocenters. The van der Waals surface area contributed by atoms with Gasteiger partial charge in [0, 0.05) is 16.2 Å². The Kier molecular flexibility index (Phi) is 4.10. The minimum absolute atomic E-state index is 0.284. The van der Waals surface area contributed by atoms with Gasteiger partial charge in [0.25, 0.3) is 10.0 Å². The number of aryl methyl sites for hydroxylation is 1. The molecule has 106 valence electrons. The highest BCUT2D eigenvalue weighted by Crippen LogP contribution is 2.24. The van der Waals surface area contributed by atoms with Gasteiger partial charge in [-0.1, -0.05) is 22.0 Å². The van der Waals surface area contributed by atoms with Crippen molar-refractivity contribution >= 4 is 31.6 Å². The summed E-state index contributed by atoms with van der Waals surface area (Å²) in [4.78, 5) is -0.601. The highest BCUT2D eigenvalue weighted by Gasteiger charge is 2.19. The lowest BCUT2D eigenvalue weighted by atomic mass is 10.2. The van der Waals surface area contributed by atoms with E-state index in [4.69, 9.17) is 0 Å². The molecule has 2 rings (SSSR count). The molecule has 2 aromatic rings. The first-order valence-corrected chi connectivity index (χ1v) is 7.81. The second kappa shape index (κ2) is 5.49. The van der Waals surface area contributed by atoms with E-state index in [9.17, 15) is 17.2 Å². The number of halogens is 3. The van der Waals surface area contributed by atoms with Crippen LogP contribution in [0.25, 0.3) is 0 Å². The van der Waals surface area contributed by atoms with Crippen molar-refractivity contribution in [1.82, 2.24) is 0 Å². The Morgan fingerprint density at radius 1 is 1.10 bits per heavy atom. The molecule has 1 N–H and O–H groups in total. The van der Waals surface area contributed by atoms with E-state index >= 15 is 0 Å². The lowest BCUT2D eigenvalue weighted by Crippen LogP contribution is -2.14. The lowest BCUT2D eigenvalue weighted by molar-refractivity contribution is 0.551. The van der Waals surface area contributed by atoms with Gasteiger partial charge in [0.1, 0.15) is 16.5 Å². The molecule has 0 bridgehead atoms. The number of sulfonamides is 1. The zero-order valence-corrected chi connectivity index (χ0v) is 12.7.